The van der Waals surface area contributed by atoms with Crippen molar-refractivity contribution >= 4 is 16.6 Å². The third-order valence-electron chi connectivity index (χ3n) is 4.27. The van der Waals surface area contributed by atoms with Gasteiger partial charge in [-0.25, -0.2) is 9.78 Å². The Kier molecular flexibility index (Phi) is 3.82. The molecule has 0 atom stereocenters. The quantitative estimate of drug-likeness (QED) is 0.561. The van der Waals surface area contributed by atoms with E-state index in [4.69, 9.17) is 4.52 Å². The number of fused-ring (bicyclic) bond motifs is 3. The molecule has 0 spiro atoms. The number of benzene rings is 1. The Morgan fingerprint density at radius 2 is 1.85 bits per heavy atom. The molecule has 0 aliphatic rings. The maximum absolute atomic E-state index is 13.1. The second kappa shape index (κ2) is 6.05. The molecule has 0 aliphatic heterocycles. The first-order valence-corrected chi connectivity index (χ1v) is 8.66. The fourth-order valence-electron chi connectivity index (χ4n) is 2.86. The summed E-state index contributed by atoms with van der Waals surface area (Å²) in [6.07, 6.45) is 0. The van der Waals surface area contributed by atoms with Gasteiger partial charge in [-0.2, -0.15) is 9.50 Å². The molecule has 0 amide bonds. The summed E-state index contributed by atoms with van der Waals surface area (Å²) in [5, 5.41) is 9.27. The van der Waals surface area contributed by atoms with Gasteiger partial charge in [0.15, 0.2) is 17.3 Å². The molecule has 0 saturated heterocycles. The maximum Gasteiger partial charge on any atom is 0.351 e. The lowest BCUT2D eigenvalue weighted by Gasteiger charge is -2.08. The van der Waals surface area contributed by atoms with Gasteiger partial charge in [-0.3, -0.25) is 4.57 Å². The SMILES string of the molecule is CC(C)c1nc2c3ccccc3n(Cc3noc(C(C)C)n3)c(=O)n2n1. The van der Waals surface area contributed by atoms with Crippen molar-refractivity contribution in [2.45, 2.75) is 46.1 Å². The zero-order valence-corrected chi connectivity index (χ0v) is 15.2. The molecule has 0 aliphatic carbocycles. The van der Waals surface area contributed by atoms with E-state index >= 15 is 0 Å². The highest BCUT2D eigenvalue weighted by Gasteiger charge is 2.18. The number of aromatic nitrogens is 6. The normalized spacial score (nSPS) is 12.1. The first-order chi connectivity index (χ1) is 12.5. The highest BCUT2D eigenvalue weighted by atomic mass is 16.5. The Morgan fingerprint density at radius 3 is 2.54 bits per heavy atom. The topological polar surface area (TPSA) is 91.1 Å². The summed E-state index contributed by atoms with van der Waals surface area (Å²) >= 11 is 0. The molecule has 8 nitrogen and oxygen atoms in total. The van der Waals surface area contributed by atoms with Gasteiger partial charge >= 0.3 is 5.69 Å². The van der Waals surface area contributed by atoms with Gasteiger partial charge in [0.05, 0.1) is 12.1 Å². The van der Waals surface area contributed by atoms with Crippen LogP contribution in [0.25, 0.3) is 16.6 Å². The van der Waals surface area contributed by atoms with Gasteiger partial charge in [0, 0.05) is 17.2 Å². The van der Waals surface area contributed by atoms with Gasteiger partial charge in [0.2, 0.25) is 5.89 Å². The van der Waals surface area contributed by atoms with E-state index in [1.165, 1.54) is 4.52 Å². The first-order valence-electron chi connectivity index (χ1n) is 8.66. The van der Waals surface area contributed by atoms with E-state index in [2.05, 4.69) is 20.2 Å². The van der Waals surface area contributed by atoms with Crippen LogP contribution in [0.5, 0.6) is 0 Å². The molecule has 8 heteroatoms. The van der Waals surface area contributed by atoms with Gasteiger partial charge in [-0.1, -0.05) is 45.0 Å². The molecule has 134 valence electrons. The van der Waals surface area contributed by atoms with Gasteiger partial charge in [-0.05, 0) is 12.1 Å². The molecule has 0 bridgehead atoms. The summed E-state index contributed by atoms with van der Waals surface area (Å²) in [7, 11) is 0. The maximum atomic E-state index is 13.1. The standard InChI is InChI=1S/C18H20N6O2/c1-10(2)15-20-16-12-7-5-6-8-13(12)23(18(25)24(16)21-15)9-14-19-17(11(3)4)26-22-14/h5-8,10-11H,9H2,1-4H3. The highest BCUT2D eigenvalue weighted by Crippen LogP contribution is 2.20. The van der Waals surface area contributed by atoms with Gasteiger partial charge < -0.3 is 4.52 Å². The molecule has 3 aromatic heterocycles. The van der Waals surface area contributed by atoms with Gasteiger partial charge in [0.1, 0.15) is 0 Å². The monoisotopic (exact) mass is 352 g/mol. The fourth-order valence-corrected chi connectivity index (χ4v) is 2.86. The van der Waals surface area contributed by atoms with E-state index in [1.54, 1.807) is 4.57 Å². The molecule has 0 saturated carbocycles. The third-order valence-corrected chi connectivity index (χ3v) is 4.27. The molecule has 4 rings (SSSR count). The van der Waals surface area contributed by atoms with Crippen LogP contribution in [-0.2, 0) is 6.54 Å². The summed E-state index contributed by atoms with van der Waals surface area (Å²) in [5.74, 6) is 1.93. The summed E-state index contributed by atoms with van der Waals surface area (Å²) in [5.41, 5.74) is 1.07. The van der Waals surface area contributed by atoms with Crippen LogP contribution in [0.3, 0.4) is 0 Å². The van der Waals surface area contributed by atoms with Crippen molar-refractivity contribution in [1.29, 1.82) is 0 Å². The van der Waals surface area contributed by atoms with Crippen molar-refractivity contribution in [2.24, 2.45) is 0 Å². The molecule has 0 fully saturated rings. The first kappa shape index (κ1) is 16.4. The van der Waals surface area contributed by atoms with Crippen LogP contribution in [0.1, 0.15) is 57.1 Å². The zero-order chi connectivity index (χ0) is 18.4. The number of nitrogens with zero attached hydrogens (tertiary/aromatic N) is 6. The molecule has 0 radical (unpaired) electrons. The summed E-state index contributed by atoms with van der Waals surface area (Å²) in [6.45, 7) is 8.18. The number of hydrogen-bond donors (Lipinski definition) is 0. The fraction of sp³-hybridized carbons (Fsp3) is 0.389. The van der Waals surface area contributed by atoms with E-state index in [1.807, 2.05) is 52.0 Å². The summed E-state index contributed by atoms with van der Waals surface area (Å²) in [4.78, 5) is 22.0. The van der Waals surface area contributed by atoms with Gasteiger partial charge in [0.25, 0.3) is 0 Å². The predicted octanol–water partition coefficient (Wildman–Crippen LogP) is 2.72. The van der Waals surface area contributed by atoms with Crippen molar-refractivity contribution in [3.63, 3.8) is 0 Å². The van der Waals surface area contributed by atoms with E-state index in [0.717, 1.165) is 10.9 Å². The number of para-hydroxylation sites is 1. The van der Waals surface area contributed by atoms with Crippen LogP contribution >= 0.6 is 0 Å². The smallest absolute Gasteiger partial charge is 0.339 e. The van der Waals surface area contributed by atoms with Crippen molar-refractivity contribution in [1.82, 2.24) is 29.3 Å². The average Bonchev–Trinajstić information content (AvgIpc) is 3.26. The highest BCUT2D eigenvalue weighted by molar-refractivity contribution is 5.91. The van der Waals surface area contributed by atoms with Crippen LogP contribution < -0.4 is 5.69 Å². The minimum atomic E-state index is -0.269. The zero-order valence-electron chi connectivity index (χ0n) is 15.2. The molecule has 1 aromatic carbocycles. The minimum Gasteiger partial charge on any atom is -0.339 e. The summed E-state index contributed by atoms with van der Waals surface area (Å²) < 4.78 is 8.23. The molecule has 26 heavy (non-hydrogen) atoms. The summed E-state index contributed by atoms with van der Waals surface area (Å²) in [6, 6.07) is 7.65. The van der Waals surface area contributed by atoms with Crippen molar-refractivity contribution in [3.8, 4) is 0 Å². The van der Waals surface area contributed by atoms with Gasteiger partial charge in [-0.15, -0.1) is 5.10 Å². The Bertz CT molecular complexity index is 1150. The van der Waals surface area contributed by atoms with Crippen LogP contribution in [0.4, 0.5) is 0 Å². The van der Waals surface area contributed by atoms with E-state index in [0.29, 0.717) is 23.2 Å². The predicted molar refractivity (Wildman–Crippen MR) is 96.3 cm³/mol. The molecule has 4 aromatic rings. The second-order valence-electron chi connectivity index (χ2n) is 6.95. The largest absolute Gasteiger partial charge is 0.351 e. The van der Waals surface area contributed by atoms with Crippen LogP contribution in [0, 0.1) is 0 Å². The Labute approximate surface area is 149 Å². The average molecular weight is 352 g/mol. The lowest BCUT2D eigenvalue weighted by molar-refractivity contribution is 0.359. The number of rotatable bonds is 4. The molecule has 0 N–H and O–H groups in total. The minimum absolute atomic E-state index is 0.132. The van der Waals surface area contributed by atoms with E-state index in [9.17, 15) is 4.79 Å². The molecular weight excluding hydrogens is 332 g/mol. The van der Waals surface area contributed by atoms with Crippen molar-refractivity contribution < 1.29 is 4.52 Å². The lowest BCUT2D eigenvalue weighted by Crippen LogP contribution is -2.28. The Morgan fingerprint density at radius 1 is 1.08 bits per heavy atom. The molecular formula is C18H20N6O2. The number of hydrogen-bond acceptors (Lipinski definition) is 6. The van der Waals surface area contributed by atoms with Crippen LogP contribution in [0.15, 0.2) is 33.6 Å². The second-order valence-corrected chi connectivity index (χ2v) is 6.95. The van der Waals surface area contributed by atoms with Crippen LogP contribution in [0.2, 0.25) is 0 Å². The molecule has 3 heterocycles. The van der Waals surface area contributed by atoms with E-state index < -0.39 is 0 Å². The Balaban J connectivity index is 1.94. The molecule has 0 unspecified atom stereocenters. The Hall–Kier alpha value is -3.03. The van der Waals surface area contributed by atoms with E-state index in [-0.39, 0.29) is 24.1 Å². The van der Waals surface area contributed by atoms with Crippen molar-refractivity contribution in [2.75, 3.05) is 0 Å². The third kappa shape index (κ3) is 2.58. The van der Waals surface area contributed by atoms with Crippen molar-refractivity contribution in [3.05, 3.63) is 52.3 Å². The van der Waals surface area contributed by atoms with Crippen LogP contribution in [-0.4, -0.2) is 29.3 Å². The lowest BCUT2D eigenvalue weighted by atomic mass is 10.2.